The molecule has 17 heavy (non-hydrogen) atoms. The van der Waals surface area contributed by atoms with E-state index in [4.69, 9.17) is 0 Å². The number of benzene rings is 1. The van der Waals surface area contributed by atoms with Gasteiger partial charge in [-0.1, -0.05) is 28.9 Å². The Morgan fingerprint density at radius 1 is 1.29 bits per heavy atom. The van der Waals surface area contributed by atoms with Crippen LogP contribution in [0.15, 0.2) is 22.7 Å². The summed E-state index contributed by atoms with van der Waals surface area (Å²) in [7, 11) is 0. The third-order valence-electron chi connectivity index (χ3n) is 2.85. The molecule has 0 fully saturated rings. The summed E-state index contributed by atoms with van der Waals surface area (Å²) < 4.78 is 0.978. The van der Waals surface area contributed by atoms with Crippen molar-refractivity contribution in [2.75, 3.05) is 11.4 Å². The van der Waals surface area contributed by atoms with E-state index in [2.05, 4.69) is 53.7 Å². The first-order valence-electron chi connectivity index (χ1n) is 6.21. The van der Waals surface area contributed by atoms with E-state index in [-0.39, 0.29) is 0 Å². The van der Waals surface area contributed by atoms with Gasteiger partial charge >= 0.3 is 0 Å². The quantitative estimate of drug-likeness (QED) is 0.884. The Morgan fingerprint density at radius 2 is 1.94 bits per heavy atom. The van der Waals surface area contributed by atoms with Gasteiger partial charge in [0.05, 0.1) is 6.10 Å². The Labute approximate surface area is 113 Å². The van der Waals surface area contributed by atoms with Gasteiger partial charge in [-0.3, -0.25) is 0 Å². The van der Waals surface area contributed by atoms with Gasteiger partial charge in [0.25, 0.3) is 0 Å². The van der Waals surface area contributed by atoms with Crippen LogP contribution in [0.5, 0.6) is 0 Å². The molecule has 0 bridgehead atoms. The van der Waals surface area contributed by atoms with E-state index in [1.165, 1.54) is 5.69 Å². The van der Waals surface area contributed by atoms with E-state index >= 15 is 0 Å². The van der Waals surface area contributed by atoms with E-state index in [0.29, 0.717) is 6.04 Å². The summed E-state index contributed by atoms with van der Waals surface area (Å²) in [5.41, 5.74) is 2.15. The third-order valence-corrected chi connectivity index (χ3v) is 3.54. The zero-order valence-corrected chi connectivity index (χ0v) is 12.7. The van der Waals surface area contributed by atoms with Crippen LogP contribution in [-0.2, 0) is 0 Å². The first-order chi connectivity index (χ1) is 7.97. The molecule has 0 heterocycles. The predicted octanol–water partition coefficient (Wildman–Crippen LogP) is 4.13. The van der Waals surface area contributed by atoms with Crippen LogP contribution in [0.3, 0.4) is 0 Å². The molecule has 0 saturated carbocycles. The van der Waals surface area contributed by atoms with E-state index in [9.17, 15) is 5.11 Å². The van der Waals surface area contributed by atoms with Gasteiger partial charge in [-0.2, -0.15) is 0 Å². The standard InChI is InChI=1S/C14H22BrNO/c1-5-8-16(10(2)3)12-6-7-13(11(4)17)14(15)9-12/h6-7,9-11,17H,5,8H2,1-4H3. The first kappa shape index (κ1) is 14.5. The lowest BCUT2D eigenvalue weighted by Crippen LogP contribution is -2.31. The van der Waals surface area contributed by atoms with Crippen LogP contribution >= 0.6 is 15.9 Å². The molecule has 96 valence electrons. The molecule has 1 rings (SSSR count). The van der Waals surface area contributed by atoms with Crippen molar-refractivity contribution in [3.8, 4) is 0 Å². The van der Waals surface area contributed by atoms with Gasteiger partial charge in [-0.15, -0.1) is 0 Å². The number of aliphatic hydroxyl groups is 1. The minimum absolute atomic E-state index is 0.433. The number of nitrogens with zero attached hydrogens (tertiary/aromatic N) is 1. The van der Waals surface area contributed by atoms with Gasteiger partial charge in [0.15, 0.2) is 0 Å². The molecule has 2 nitrogen and oxygen atoms in total. The lowest BCUT2D eigenvalue weighted by Gasteiger charge is -2.29. The Kier molecular flexibility index (Phi) is 5.47. The summed E-state index contributed by atoms with van der Waals surface area (Å²) in [6, 6.07) is 6.66. The number of aliphatic hydroxyl groups excluding tert-OH is 1. The van der Waals surface area contributed by atoms with Crippen LogP contribution in [-0.4, -0.2) is 17.7 Å². The number of halogens is 1. The minimum atomic E-state index is -0.433. The summed E-state index contributed by atoms with van der Waals surface area (Å²) in [6.07, 6.45) is 0.700. The normalized spacial score (nSPS) is 12.9. The molecule has 0 spiro atoms. The molecule has 1 aromatic carbocycles. The average Bonchev–Trinajstić information content (AvgIpc) is 2.24. The van der Waals surface area contributed by atoms with Gasteiger partial charge in [-0.25, -0.2) is 0 Å². The fourth-order valence-corrected chi connectivity index (χ4v) is 2.66. The SMILES string of the molecule is CCCN(c1ccc(C(C)O)c(Br)c1)C(C)C. The molecular formula is C14H22BrNO. The minimum Gasteiger partial charge on any atom is -0.389 e. The highest BCUT2D eigenvalue weighted by atomic mass is 79.9. The van der Waals surface area contributed by atoms with Crippen molar-refractivity contribution in [1.29, 1.82) is 0 Å². The molecule has 1 atom stereocenters. The second-order valence-electron chi connectivity index (χ2n) is 4.67. The molecule has 0 aliphatic heterocycles. The zero-order chi connectivity index (χ0) is 13.0. The van der Waals surface area contributed by atoms with Crippen molar-refractivity contribution < 1.29 is 5.11 Å². The smallest absolute Gasteiger partial charge is 0.0772 e. The lowest BCUT2D eigenvalue weighted by atomic mass is 10.1. The summed E-state index contributed by atoms with van der Waals surface area (Å²) in [5.74, 6) is 0. The van der Waals surface area contributed by atoms with Crippen LogP contribution in [0.1, 0.15) is 45.8 Å². The number of rotatable bonds is 5. The molecule has 1 unspecified atom stereocenters. The van der Waals surface area contributed by atoms with Gasteiger partial charge in [0.1, 0.15) is 0 Å². The Balaban J connectivity index is 3.02. The van der Waals surface area contributed by atoms with Crippen molar-refractivity contribution in [2.24, 2.45) is 0 Å². The fourth-order valence-electron chi connectivity index (χ4n) is 1.96. The average molecular weight is 300 g/mol. The molecule has 1 N–H and O–H groups in total. The Morgan fingerprint density at radius 3 is 2.35 bits per heavy atom. The number of hydrogen-bond acceptors (Lipinski definition) is 2. The molecule has 0 amide bonds. The van der Waals surface area contributed by atoms with Crippen LogP contribution in [0.2, 0.25) is 0 Å². The van der Waals surface area contributed by atoms with Crippen molar-refractivity contribution in [2.45, 2.75) is 46.3 Å². The zero-order valence-electron chi connectivity index (χ0n) is 11.1. The molecule has 0 aliphatic carbocycles. The van der Waals surface area contributed by atoms with Gasteiger partial charge < -0.3 is 10.0 Å². The maximum absolute atomic E-state index is 9.60. The first-order valence-corrected chi connectivity index (χ1v) is 7.00. The molecule has 0 aliphatic rings. The van der Waals surface area contributed by atoms with Crippen LogP contribution in [0, 0.1) is 0 Å². The Hall–Kier alpha value is -0.540. The molecule has 0 saturated heterocycles. The summed E-state index contributed by atoms with van der Waals surface area (Å²) >= 11 is 3.53. The Bertz CT molecular complexity index is 363. The lowest BCUT2D eigenvalue weighted by molar-refractivity contribution is 0.198. The monoisotopic (exact) mass is 299 g/mol. The van der Waals surface area contributed by atoms with Gasteiger partial charge in [0.2, 0.25) is 0 Å². The molecule has 1 aromatic rings. The van der Waals surface area contributed by atoms with E-state index in [1.54, 1.807) is 6.92 Å². The van der Waals surface area contributed by atoms with Crippen molar-refractivity contribution in [1.82, 2.24) is 0 Å². The summed E-state index contributed by atoms with van der Waals surface area (Å²) in [5, 5.41) is 9.60. The molecule has 3 heteroatoms. The molecular weight excluding hydrogens is 278 g/mol. The van der Waals surface area contributed by atoms with E-state index in [1.807, 2.05) is 6.07 Å². The maximum atomic E-state index is 9.60. The summed E-state index contributed by atoms with van der Waals surface area (Å²) in [6.45, 7) is 9.43. The highest BCUT2D eigenvalue weighted by Crippen LogP contribution is 2.29. The van der Waals surface area contributed by atoms with Crippen molar-refractivity contribution in [3.63, 3.8) is 0 Å². The fraction of sp³-hybridized carbons (Fsp3) is 0.571. The number of anilines is 1. The second kappa shape index (κ2) is 6.41. The van der Waals surface area contributed by atoms with Crippen LogP contribution in [0.4, 0.5) is 5.69 Å². The number of hydrogen-bond donors (Lipinski definition) is 1. The van der Waals surface area contributed by atoms with Crippen molar-refractivity contribution in [3.05, 3.63) is 28.2 Å². The highest BCUT2D eigenvalue weighted by Gasteiger charge is 2.12. The van der Waals surface area contributed by atoms with Crippen molar-refractivity contribution >= 4 is 21.6 Å². The molecule has 0 aromatic heterocycles. The predicted molar refractivity (Wildman–Crippen MR) is 77.5 cm³/mol. The van der Waals surface area contributed by atoms with Gasteiger partial charge in [0, 0.05) is 22.7 Å². The van der Waals surface area contributed by atoms with E-state index in [0.717, 1.165) is 23.0 Å². The highest BCUT2D eigenvalue weighted by molar-refractivity contribution is 9.10. The largest absolute Gasteiger partial charge is 0.389 e. The van der Waals surface area contributed by atoms with Crippen LogP contribution < -0.4 is 4.90 Å². The summed E-state index contributed by atoms with van der Waals surface area (Å²) in [4.78, 5) is 2.37. The second-order valence-corrected chi connectivity index (χ2v) is 5.52. The topological polar surface area (TPSA) is 23.5 Å². The van der Waals surface area contributed by atoms with E-state index < -0.39 is 6.10 Å². The van der Waals surface area contributed by atoms with Gasteiger partial charge in [-0.05, 0) is 44.9 Å². The third kappa shape index (κ3) is 3.71. The maximum Gasteiger partial charge on any atom is 0.0772 e. The molecule has 0 radical (unpaired) electrons. The van der Waals surface area contributed by atoms with Crippen LogP contribution in [0.25, 0.3) is 0 Å².